The highest BCUT2D eigenvalue weighted by atomic mass is 16.5. The molecule has 0 fully saturated rings. The van der Waals surface area contributed by atoms with Crippen LogP contribution >= 0.6 is 0 Å². The van der Waals surface area contributed by atoms with Gasteiger partial charge in [-0.2, -0.15) is 5.10 Å². The van der Waals surface area contributed by atoms with Gasteiger partial charge in [-0.15, -0.1) is 0 Å². The molecule has 0 radical (unpaired) electrons. The van der Waals surface area contributed by atoms with E-state index in [4.69, 9.17) is 15.3 Å². The highest BCUT2D eigenvalue weighted by Gasteiger charge is 2.07. The van der Waals surface area contributed by atoms with Crippen LogP contribution in [-0.4, -0.2) is 18.9 Å². The van der Waals surface area contributed by atoms with Gasteiger partial charge in [0.2, 0.25) is 0 Å². The van der Waals surface area contributed by atoms with Crippen LogP contribution in [0.25, 0.3) is 0 Å². The Balaban J connectivity index is 2.98. The van der Waals surface area contributed by atoms with Gasteiger partial charge in [-0.3, -0.25) is 0 Å². The summed E-state index contributed by atoms with van der Waals surface area (Å²) in [6.45, 7) is 6.48. The second kappa shape index (κ2) is 6.00. The predicted octanol–water partition coefficient (Wildman–Crippen LogP) is 2.17. The number of rotatable bonds is 5. The summed E-state index contributed by atoms with van der Waals surface area (Å²) in [4.78, 5) is 0. The fraction of sp³-hybridized carbons (Fsp3) is 0.417. The zero-order valence-corrected chi connectivity index (χ0v) is 9.93. The summed E-state index contributed by atoms with van der Waals surface area (Å²) in [6.07, 6.45) is 1.69. The van der Waals surface area contributed by atoms with E-state index in [0.717, 1.165) is 11.3 Å². The van der Waals surface area contributed by atoms with E-state index >= 15 is 0 Å². The van der Waals surface area contributed by atoms with Gasteiger partial charge < -0.3 is 15.3 Å². The lowest BCUT2D eigenvalue weighted by atomic mass is 10.2. The Bertz CT molecular complexity index is 362. The van der Waals surface area contributed by atoms with Crippen LogP contribution in [0.4, 0.5) is 0 Å². The number of benzene rings is 1. The third kappa shape index (κ3) is 3.46. The minimum Gasteiger partial charge on any atom is -0.490 e. The fourth-order valence-corrected chi connectivity index (χ4v) is 1.31. The van der Waals surface area contributed by atoms with Crippen molar-refractivity contribution >= 4 is 6.21 Å². The molecule has 88 valence electrons. The molecule has 4 heteroatoms. The maximum atomic E-state index is 5.63. The normalized spacial score (nSPS) is 11.0. The van der Waals surface area contributed by atoms with Gasteiger partial charge in [0.1, 0.15) is 0 Å². The van der Waals surface area contributed by atoms with Gasteiger partial charge in [-0.05, 0) is 44.5 Å². The number of hydrazone groups is 1. The molecule has 0 aromatic heterocycles. The van der Waals surface area contributed by atoms with Crippen molar-refractivity contribution in [1.29, 1.82) is 0 Å². The Morgan fingerprint density at radius 3 is 2.69 bits per heavy atom. The molecule has 0 amide bonds. The molecular formula is C12H18N2O2. The van der Waals surface area contributed by atoms with Gasteiger partial charge in [0.25, 0.3) is 0 Å². The molecular weight excluding hydrogens is 204 g/mol. The average molecular weight is 222 g/mol. The smallest absolute Gasteiger partial charge is 0.161 e. The van der Waals surface area contributed by atoms with Crippen LogP contribution in [0.1, 0.15) is 26.3 Å². The minimum atomic E-state index is 0.119. The van der Waals surface area contributed by atoms with Crippen LogP contribution in [0.3, 0.4) is 0 Å². The van der Waals surface area contributed by atoms with Crippen molar-refractivity contribution in [1.82, 2.24) is 0 Å². The third-order valence-corrected chi connectivity index (χ3v) is 1.85. The third-order valence-electron chi connectivity index (χ3n) is 1.85. The summed E-state index contributed by atoms with van der Waals surface area (Å²) in [5.41, 5.74) is 0.891. The molecule has 0 saturated heterocycles. The minimum absolute atomic E-state index is 0.119. The van der Waals surface area contributed by atoms with Gasteiger partial charge in [0.05, 0.1) is 18.9 Å². The fourth-order valence-electron chi connectivity index (χ4n) is 1.31. The van der Waals surface area contributed by atoms with Gasteiger partial charge in [-0.25, -0.2) is 0 Å². The Morgan fingerprint density at radius 2 is 2.12 bits per heavy atom. The second-order valence-electron chi connectivity index (χ2n) is 3.58. The molecule has 0 aliphatic heterocycles. The van der Waals surface area contributed by atoms with E-state index in [0.29, 0.717) is 12.4 Å². The van der Waals surface area contributed by atoms with Gasteiger partial charge >= 0.3 is 0 Å². The van der Waals surface area contributed by atoms with Gasteiger partial charge in [0.15, 0.2) is 11.5 Å². The summed E-state index contributed by atoms with van der Waals surface area (Å²) >= 11 is 0. The quantitative estimate of drug-likeness (QED) is 0.472. The zero-order chi connectivity index (χ0) is 12.0. The first kappa shape index (κ1) is 12.4. The Morgan fingerprint density at radius 1 is 1.38 bits per heavy atom. The van der Waals surface area contributed by atoms with E-state index in [1.165, 1.54) is 0 Å². The summed E-state index contributed by atoms with van der Waals surface area (Å²) < 4.78 is 11.1. The van der Waals surface area contributed by atoms with Crippen molar-refractivity contribution in [3.05, 3.63) is 23.8 Å². The number of ether oxygens (including phenoxy) is 2. The number of nitrogens with two attached hydrogens (primary N) is 1. The maximum absolute atomic E-state index is 5.63. The van der Waals surface area contributed by atoms with Crippen LogP contribution < -0.4 is 15.3 Å². The largest absolute Gasteiger partial charge is 0.490 e. The topological polar surface area (TPSA) is 56.8 Å². The number of hydrogen-bond donors (Lipinski definition) is 1. The molecule has 1 rings (SSSR count). The van der Waals surface area contributed by atoms with E-state index in [1.54, 1.807) is 6.21 Å². The SMILES string of the molecule is CCOc1cc(C=NN)ccc1OC(C)C. The Kier molecular flexibility index (Phi) is 4.64. The molecule has 0 aliphatic carbocycles. The van der Waals surface area contributed by atoms with E-state index in [1.807, 2.05) is 39.0 Å². The number of nitrogens with zero attached hydrogens (tertiary/aromatic N) is 1. The molecule has 0 bridgehead atoms. The molecule has 0 saturated carbocycles. The lowest BCUT2D eigenvalue weighted by molar-refractivity contribution is 0.224. The predicted molar refractivity (Wildman–Crippen MR) is 65.2 cm³/mol. The first-order valence-electron chi connectivity index (χ1n) is 5.34. The standard InChI is InChI=1S/C12H18N2O2/c1-4-15-12-7-10(8-14-13)5-6-11(12)16-9(2)3/h5-9H,4,13H2,1-3H3. The van der Waals surface area contributed by atoms with Crippen molar-refractivity contribution < 1.29 is 9.47 Å². The molecule has 1 aromatic rings. The molecule has 0 unspecified atom stereocenters. The van der Waals surface area contributed by atoms with Crippen LogP contribution in [0.5, 0.6) is 11.5 Å². The summed E-state index contributed by atoms with van der Waals surface area (Å²) in [7, 11) is 0. The van der Waals surface area contributed by atoms with E-state index in [9.17, 15) is 0 Å². The molecule has 0 heterocycles. The lowest BCUT2D eigenvalue weighted by Gasteiger charge is -2.14. The van der Waals surface area contributed by atoms with Crippen LogP contribution in [-0.2, 0) is 0 Å². The van der Waals surface area contributed by atoms with E-state index < -0.39 is 0 Å². The molecule has 0 spiro atoms. The van der Waals surface area contributed by atoms with E-state index in [-0.39, 0.29) is 6.10 Å². The first-order valence-corrected chi connectivity index (χ1v) is 5.34. The summed E-state index contributed by atoms with van der Waals surface area (Å²) in [5, 5.41) is 3.48. The second-order valence-corrected chi connectivity index (χ2v) is 3.58. The summed E-state index contributed by atoms with van der Waals surface area (Å²) in [6, 6.07) is 5.61. The summed E-state index contributed by atoms with van der Waals surface area (Å²) in [5.74, 6) is 6.56. The zero-order valence-electron chi connectivity index (χ0n) is 9.93. The molecule has 2 N–H and O–H groups in total. The molecule has 4 nitrogen and oxygen atoms in total. The lowest BCUT2D eigenvalue weighted by Crippen LogP contribution is -2.07. The highest BCUT2D eigenvalue weighted by Crippen LogP contribution is 2.28. The van der Waals surface area contributed by atoms with Crippen molar-refractivity contribution in [2.45, 2.75) is 26.9 Å². The first-order chi connectivity index (χ1) is 7.67. The van der Waals surface area contributed by atoms with Crippen molar-refractivity contribution in [3.63, 3.8) is 0 Å². The highest BCUT2D eigenvalue weighted by molar-refractivity contribution is 5.80. The average Bonchev–Trinajstić information content (AvgIpc) is 2.22. The van der Waals surface area contributed by atoms with Crippen molar-refractivity contribution in [2.24, 2.45) is 10.9 Å². The molecule has 1 aromatic carbocycles. The van der Waals surface area contributed by atoms with Gasteiger partial charge in [-0.1, -0.05) is 0 Å². The van der Waals surface area contributed by atoms with Crippen LogP contribution in [0, 0.1) is 0 Å². The molecule has 0 atom stereocenters. The maximum Gasteiger partial charge on any atom is 0.161 e. The van der Waals surface area contributed by atoms with Crippen molar-refractivity contribution in [2.75, 3.05) is 6.61 Å². The van der Waals surface area contributed by atoms with Crippen molar-refractivity contribution in [3.8, 4) is 11.5 Å². The van der Waals surface area contributed by atoms with Crippen LogP contribution in [0.15, 0.2) is 23.3 Å². The Hall–Kier alpha value is -1.71. The van der Waals surface area contributed by atoms with Gasteiger partial charge in [0, 0.05) is 0 Å². The Labute approximate surface area is 96.1 Å². The van der Waals surface area contributed by atoms with Crippen LogP contribution in [0.2, 0.25) is 0 Å². The molecule has 0 aliphatic rings. The monoisotopic (exact) mass is 222 g/mol. The molecule has 16 heavy (non-hydrogen) atoms. The van der Waals surface area contributed by atoms with E-state index in [2.05, 4.69) is 5.10 Å². The number of hydrogen-bond acceptors (Lipinski definition) is 4.